The summed E-state index contributed by atoms with van der Waals surface area (Å²) in [5.41, 5.74) is 8.52. The Balaban J connectivity index is 2.25. The fourth-order valence-corrected chi connectivity index (χ4v) is 2.11. The quantitative estimate of drug-likeness (QED) is 0.650. The summed E-state index contributed by atoms with van der Waals surface area (Å²) in [4.78, 5) is 0. The van der Waals surface area contributed by atoms with Crippen molar-refractivity contribution in [3.05, 3.63) is 47.5 Å². The number of nitrogens with two attached hydrogens (primary N) is 1. The summed E-state index contributed by atoms with van der Waals surface area (Å²) < 4.78 is 16.0. The standard InChI is InChI=1S/C18H21NO3/c1-4-22-16-10-14(9-15(12-16)20-2)6-5-13-7-8-18(21-3)17(19)11-13/h5-12H,4,19H2,1-3H3. The second-order valence-electron chi connectivity index (χ2n) is 4.71. The van der Waals surface area contributed by atoms with E-state index in [0.717, 1.165) is 22.6 Å². The van der Waals surface area contributed by atoms with Crippen LogP contribution in [0.1, 0.15) is 18.1 Å². The van der Waals surface area contributed by atoms with Crippen molar-refractivity contribution in [1.82, 2.24) is 0 Å². The largest absolute Gasteiger partial charge is 0.497 e. The van der Waals surface area contributed by atoms with Crippen LogP contribution in [-0.2, 0) is 0 Å². The fraction of sp³-hybridized carbons (Fsp3) is 0.222. The fourth-order valence-electron chi connectivity index (χ4n) is 2.11. The second kappa shape index (κ2) is 7.41. The number of ether oxygens (including phenoxy) is 3. The lowest BCUT2D eigenvalue weighted by atomic mass is 10.1. The minimum absolute atomic E-state index is 0.616. The molecule has 0 spiro atoms. The Morgan fingerprint density at radius 3 is 2.27 bits per heavy atom. The van der Waals surface area contributed by atoms with Crippen LogP contribution in [0.3, 0.4) is 0 Å². The zero-order valence-electron chi connectivity index (χ0n) is 13.1. The summed E-state index contributed by atoms with van der Waals surface area (Å²) >= 11 is 0. The van der Waals surface area contributed by atoms with E-state index in [0.29, 0.717) is 18.0 Å². The molecule has 0 radical (unpaired) electrons. The molecule has 0 aliphatic heterocycles. The van der Waals surface area contributed by atoms with Crippen molar-refractivity contribution in [2.24, 2.45) is 0 Å². The molecule has 2 N–H and O–H groups in total. The van der Waals surface area contributed by atoms with Crippen LogP contribution in [0.2, 0.25) is 0 Å². The maximum absolute atomic E-state index is 5.91. The van der Waals surface area contributed by atoms with Crippen molar-refractivity contribution in [1.29, 1.82) is 0 Å². The number of anilines is 1. The summed E-state index contributed by atoms with van der Waals surface area (Å²) in [5, 5.41) is 0. The molecule has 2 rings (SSSR count). The molecular formula is C18H21NO3. The van der Waals surface area contributed by atoms with Crippen molar-refractivity contribution in [3.63, 3.8) is 0 Å². The number of nitrogen functional groups attached to an aromatic ring is 1. The van der Waals surface area contributed by atoms with Crippen molar-refractivity contribution in [2.45, 2.75) is 6.92 Å². The molecule has 0 amide bonds. The average molecular weight is 299 g/mol. The van der Waals surface area contributed by atoms with Crippen LogP contribution in [0, 0.1) is 0 Å². The number of hydrogen-bond donors (Lipinski definition) is 1. The molecule has 22 heavy (non-hydrogen) atoms. The van der Waals surface area contributed by atoms with Gasteiger partial charge in [-0.25, -0.2) is 0 Å². The molecule has 0 bridgehead atoms. The van der Waals surface area contributed by atoms with Gasteiger partial charge in [-0.2, -0.15) is 0 Å². The van der Waals surface area contributed by atoms with Gasteiger partial charge in [0.15, 0.2) is 0 Å². The zero-order valence-corrected chi connectivity index (χ0v) is 13.1. The predicted molar refractivity (Wildman–Crippen MR) is 90.5 cm³/mol. The summed E-state index contributed by atoms with van der Waals surface area (Å²) in [7, 11) is 3.25. The van der Waals surface area contributed by atoms with Crippen LogP contribution in [0.4, 0.5) is 5.69 Å². The SMILES string of the molecule is CCOc1cc(C=Cc2ccc(OC)c(N)c2)cc(OC)c1. The minimum Gasteiger partial charge on any atom is -0.497 e. The molecule has 0 atom stereocenters. The van der Waals surface area contributed by atoms with E-state index in [4.69, 9.17) is 19.9 Å². The van der Waals surface area contributed by atoms with Gasteiger partial charge in [-0.1, -0.05) is 18.2 Å². The van der Waals surface area contributed by atoms with Gasteiger partial charge in [-0.05, 0) is 42.3 Å². The summed E-state index contributed by atoms with van der Waals surface area (Å²) in [6, 6.07) is 11.5. The molecular weight excluding hydrogens is 278 g/mol. The number of benzene rings is 2. The smallest absolute Gasteiger partial charge is 0.141 e. The molecule has 0 unspecified atom stereocenters. The van der Waals surface area contributed by atoms with Crippen molar-refractivity contribution < 1.29 is 14.2 Å². The highest BCUT2D eigenvalue weighted by atomic mass is 16.5. The first kappa shape index (κ1) is 15.8. The van der Waals surface area contributed by atoms with Gasteiger partial charge < -0.3 is 19.9 Å². The second-order valence-corrected chi connectivity index (χ2v) is 4.71. The Morgan fingerprint density at radius 1 is 0.909 bits per heavy atom. The van der Waals surface area contributed by atoms with Crippen molar-refractivity contribution in [3.8, 4) is 17.2 Å². The van der Waals surface area contributed by atoms with E-state index in [1.807, 2.05) is 55.5 Å². The summed E-state index contributed by atoms with van der Waals surface area (Å²) in [5.74, 6) is 2.23. The van der Waals surface area contributed by atoms with Crippen LogP contribution in [0.5, 0.6) is 17.2 Å². The molecule has 0 heterocycles. The number of methoxy groups -OCH3 is 2. The minimum atomic E-state index is 0.616. The molecule has 0 aromatic heterocycles. The monoisotopic (exact) mass is 299 g/mol. The maximum atomic E-state index is 5.91. The van der Waals surface area contributed by atoms with Crippen LogP contribution < -0.4 is 19.9 Å². The molecule has 2 aromatic carbocycles. The zero-order chi connectivity index (χ0) is 15.9. The molecule has 0 aliphatic carbocycles. The first-order chi connectivity index (χ1) is 10.7. The van der Waals surface area contributed by atoms with Gasteiger partial charge in [0.1, 0.15) is 17.2 Å². The van der Waals surface area contributed by atoms with E-state index in [9.17, 15) is 0 Å². The molecule has 2 aromatic rings. The lowest BCUT2D eigenvalue weighted by Gasteiger charge is -2.08. The van der Waals surface area contributed by atoms with E-state index in [2.05, 4.69) is 0 Å². The Hall–Kier alpha value is -2.62. The summed E-state index contributed by atoms with van der Waals surface area (Å²) in [6.45, 7) is 2.57. The molecule has 0 saturated heterocycles. The van der Waals surface area contributed by atoms with Gasteiger partial charge in [0.25, 0.3) is 0 Å². The van der Waals surface area contributed by atoms with E-state index in [1.54, 1.807) is 14.2 Å². The van der Waals surface area contributed by atoms with Gasteiger partial charge >= 0.3 is 0 Å². The highest BCUT2D eigenvalue weighted by Gasteiger charge is 2.01. The van der Waals surface area contributed by atoms with E-state index >= 15 is 0 Å². The molecule has 4 heteroatoms. The normalized spacial score (nSPS) is 10.7. The Kier molecular flexibility index (Phi) is 5.31. The third-order valence-electron chi connectivity index (χ3n) is 3.17. The van der Waals surface area contributed by atoms with Gasteiger partial charge in [0, 0.05) is 6.07 Å². The first-order valence-electron chi connectivity index (χ1n) is 7.09. The average Bonchev–Trinajstić information content (AvgIpc) is 2.53. The van der Waals surface area contributed by atoms with Crippen LogP contribution >= 0.6 is 0 Å². The molecule has 116 valence electrons. The van der Waals surface area contributed by atoms with E-state index in [1.165, 1.54) is 0 Å². The van der Waals surface area contributed by atoms with Gasteiger partial charge in [-0.15, -0.1) is 0 Å². The Morgan fingerprint density at radius 2 is 1.64 bits per heavy atom. The molecule has 4 nitrogen and oxygen atoms in total. The highest BCUT2D eigenvalue weighted by molar-refractivity contribution is 5.73. The third kappa shape index (κ3) is 3.95. The van der Waals surface area contributed by atoms with Crippen LogP contribution in [0.15, 0.2) is 36.4 Å². The van der Waals surface area contributed by atoms with Crippen molar-refractivity contribution >= 4 is 17.8 Å². The summed E-state index contributed by atoms with van der Waals surface area (Å²) in [6.07, 6.45) is 3.98. The predicted octanol–water partition coefficient (Wildman–Crippen LogP) is 3.86. The lowest BCUT2D eigenvalue weighted by Crippen LogP contribution is -1.93. The van der Waals surface area contributed by atoms with Crippen LogP contribution in [-0.4, -0.2) is 20.8 Å². The van der Waals surface area contributed by atoms with Crippen LogP contribution in [0.25, 0.3) is 12.2 Å². The molecule has 0 fully saturated rings. The van der Waals surface area contributed by atoms with Gasteiger partial charge in [0.05, 0.1) is 26.5 Å². The van der Waals surface area contributed by atoms with E-state index in [-0.39, 0.29) is 0 Å². The highest BCUT2D eigenvalue weighted by Crippen LogP contribution is 2.26. The third-order valence-corrected chi connectivity index (χ3v) is 3.17. The van der Waals surface area contributed by atoms with E-state index < -0.39 is 0 Å². The van der Waals surface area contributed by atoms with Crippen molar-refractivity contribution in [2.75, 3.05) is 26.6 Å². The molecule has 0 saturated carbocycles. The Labute approximate surface area is 131 Å². The maximum Gasteiger partial charge on any atom is 0.141 e. The number of hydrogen-bond acceptors (Lipinski definition) is 4. The van der Waals surface area contributed by atoms with Gasteiger partial charge in [0.2, 0.25) is 0 Å². The molecule has 0 aliphatic rings. The first-order valence-corrected chi connectivity index (χ1v) is 7.09. The number of rotatable bonds is 6. The topological polar surface area (TPSA) is 53.7 Å². The lowest BCUT2D eigenvalue weighted by molar-refractivity contribution is 0.336. The Bertz CT molecular complexity index is 665. The van der Waals surface area contributed by atoms with Gasteiger partial charge in [-0.3, -0.25) is 0 Å².